The maximum absolute atomic E-state index is 14.9. The van der Waals surface area contributed by atoms with Crippen LogP contribution >= 0.6 is 0 Å². The predicted molar refractivity (Wildman–Crippen MR) is 153 cm³/mol. The molecule has 0 aliphatic heterocycles. The van der Waals surface area contributed by atoms with Gasteiger partial charge in [0.25, 0.3) is 0 Å². The largest absolute Gasteiger partial charge is 0.502 e. The van der Waals surface area contributed by atoms with Crippen LogP contribution in [-0.4, -0.2) is 53.1 Å². The zero-order valence-electron chi connectivity index (χ0n) is 22.9. The Morgan fingerprint density at radius 1 is 1.02 bits per heavy atom. The topological polar surface area (TPSA) is 76.2 Å². The van der Waals surface area contributed by atoms with Crippen LogP contribution in [-0.2, 0) is 17.6 Å². The van der Waals surface area contributed by atoms with E-state index in [1.54, 1.807) is 24.3 Å². The lowest BCUT2D eigenvalue weighted by atomic mass is 10.0. The molecule has 4 aromatic rings. The van der Waals surface area contributed by atoms with Crippen LogP contribution in [0.15, 0.2) is 66.9 Å². The first-order chi connectivity index (χ1) is 19.8. The van der Waals surface area contributed by atoms with Crippen molar-refractivity contribution in [1.29, 1.82) is 0 Å². The summed E-state index contributed by atoms with van der Waals surface area (Å²) in [5, 5.41) is 10.9. The molecular weight excluding hydrogens is 528 g/mol. The predicted octanol–water partition coefficient (Wildman–Crippen LogP) is 6.29. The summed E-state index contributed by atoms with van der Waals surface area (Å²) in [6, 6.07) is 14.7. The number of aromatic nitrogens is 1. The molecule has 7 nitrogen and oxygen atoms in total. The summed E-state index contributed by atoms with van der Waals surface area (Å²) in [6.45, 7) is 13.8. The molecule has 0 saturated carbocycles. The van der Waals surface area contributed by atoms with Crippen molar-refractivity contribution in [2.45, 2.75) is 32.8 Å². The number of hydrogen-bond acceptors (Lipinski definition) is 6. The van der Waals surface area contributed by atoms with E-state index >= 15 is 0 Å². The number of benzene rings is 3. The molecule has 0 bridgehead atoms. The van der Waals surface area contributed by atoms with Crippen LogP contribution in [0.25, 0.3) is 15.7 Å². The Kier molecular flexibility index (Phi) is 9.95. The summed E-state index contributed by atoms with van der Waals surface area (Å²) in [4.78, 5) is 22.4. The van der Waals surface area contributed by atoms with Crippen molar-refractivity contribution in [2.75, 3.05) is 26.2 Å². The molecule has 1 atom stereocenters. The maximum Gasteiger partial charge on any atom is 0.229 e. The summed E-state index contributed by atoms with van der Waals surface area (Å²) in [7, 11) is 0. The van der Waals surface area contributed by atoms with E-state index in [0.29, 0.717) is 34.5 Å². The number of ketones is 1. The number of Topliss-reactive ketones (excluding diaryl/α,β-unsaturated/α-hetero) is 1. The number of fused-ring (bicyclic) bond motifs is 1. The minimum atomic E-state index is -0.720. The first-order valence-corrected chi connectivity index (χ1v) is 13.4. The molecule has 0 aliphatic carbocycles. The van der Waals surface area contributed by atoms with Crippen molar-refractivity contribution in [1.82, 2.24) is 9.88 Å². The number of carbonyl (C=O) groups is 1. The number of carbonyl (C=O) groups excluding carboxylic acids is 1. The Morgan fingerprint density at radius 3 is 2.46 bits per heavy atom. The summed E-state index contributed by atoms with van der Waals surface area (Å²) in [6.07, 6.45) is 0.781. The normalized spacial score (nSPS) is 11.8. The first kappa shape index (κ1) is 29.6. The zero-order chi connectivity index (χ0) is 29.4. The number of halogens is 2. The lowest BCUT2D eigenvalue weighted by Gasteiger charge is -2.22. The number of hydrogen-bond donors (Lipinski definition) is 1. The van der Waals surface area contributed by atoms with E-state index < -0.39 is 11.9 Å². The molecular formula is C32H31F2N3O4. The maximum atomic E-state index is 14.9. The third kappa shape index (κ3) is 7.84. The van der Waals surface area contributed by atoms with Gasteiger partial charge in [-0.3, -0.25) is 9.78 Å². The van der Waals surface area contributed by atoms with E-state index in [4.69, 9.17) is 16.0 Å². The van der Waals surface area contributed by atoms with Gasteiger partial charge in [0.1, 0.15) is 47.4 Å². The van der Waals surface area contributed by atoms with Gasteiger partial charge in [-0.2, -0.15) is 0 Å². The molecule has 1 unspecified atom stereocenters. The molecule has 0 fully saturated rings. The standard InChI is InChI=1S/C32H31F2N3O4/c1-4-37(5-2)19-25(39)20-40-32-18-29-27(17-30(32)35-3)31(12-13-36-29)41-26-11-8-22(28(34)16-26)15-24(38)14-21-6-9-23(33)10-7-21/h6-13,16-18,25,39H,4-5,14-15,19-20H2,1-2H3. The molecule has 0 saturated heterocycles. The van der Waals surface area contributed by atoms with Gasteiger partial charge in [-0.1, -0.05) is 32.0 Å². The lowest BCUT2D eigenvalue weighted by Crippen LogP contribution is -2.35. The van der Waals surface area contributed by atoms with E-state index in [1.165, 1.54) is 42.6 Å². The molecule has 212 valence electrons. The molecule has 1 N–H and O–H groups in total. The van der Waals surface area contributed by atoms with E-state index in [9.17, 15) is 18.7 Å². The highest BCUT2D eigenvalue weighted by Crippen LogP contribution is 2.37. The number of pyridine rings is 1. The van der Waals surface area contributed by atoms with E-state index in [0.717, 1.165) is 13.1 Å². The number of likely N-dealkylation sites (N-methyl/N-ethyl adjacent to an activating group) is 1. The average molecular weight is 560 g/mol. The van der Waals surface area contributed by atoms with Gasteiger partial charge >= 0.3 is 0 Å². The second kappa shape index (κ2) is 13.8. The fraction of sp³-hybridized carbons (Fsp3) is 0.281. The van der Waals surface area contributed by atoms with Gasteiger partial charge < -0.3 is 19.5 Å². The van der Waals surface area contributed by atoms with E-state index in [1.807, 2.05) is 13.8 Å². The molecule has 0 spiro atoms. The monoisotopic (exact) mass is 559 g/mol. The van der Waals surface area contributed by atoms with Crippen molar-refractivity contribution in [3.63, 3.8) is 0 Å². The lowest BCUT2D eigenvalue weighted by molar-refractivity contribution is -0.117. The zero-order valence-corrected chi connectivity index (χ0v) is 22.9. The highest BCUT2D eigenvalue weighted by atomic mass is 19.1. The Balaban J connectivity index is 1.46. The molecule has 4 rings (SSSR count). The second-order valence-corrected chi connectivity index (χ2v) is 9.58. The highest BCUT2D eigenvalue weighted by Gasteiger charge is 2.16. The van der Waals surface area contributed by atoms with Gasteiger partial charge in [-0.15, -0.1) is 0 Å². The Morgan fingerprint density at radius 2 is 1.78 bits per heavy atom. The second-order valence-electron chi connectivity index (χ2n) is 9.58. The number of aliphatic hydroxyl groups is 1. The molecule has 0 amide bonds. The summed E-state index contributed by atoms with van der Waals surface area (Å²) in [5.74, 6) is -0.285. The number of aliphatic hydroxyl groups excluding tert-OH is 1. The van der Waals surface area contributed by atoms with Gasteiger partial charge in [-0.25, -0.2) is 13.6 Å². The molecule has 1 aromatic heterocycles. The summed E-state index contributed by atoms with van der Waals surface area (Å²) < 4.78 is 39.7. The third-order valence-corrected chi connectivity index (χ3v) is 6.65. The van der Waals surface area contributed by atoms with E-state index in [-0.39, 0.29) is 48.0 Å². The smallest absolute Gasteiger partial charge is 0.229 e. The minimum Gasteiger partial charge on any atom is -0.502 e. The third-order valence-electron chi connectivity index (χ3n) is 6.65. The number of rotatable bonds is 13. The van der Waals surface area contributed by atoms with E-state index in [2.05, 4.69) is 14.7 Å². The molecule has 1 heterocycles. The van der Waals surface area contributed by atoms with Crippen molar-refractivity contribution < 1.29 is 28.2 Å². The van der Waals surface area contributed by atoms with Crippen molar-refractivity contribution in [3.8, 4) is 17.2 Å². The van der Waals surface area contributed by atoms with Crippen molar-refractivity contribution >= 4 is 22.4 Å². The molecule has 0 aliphatic rings. The summed E-state index contributed by atoms with van der Waals surface area (Å²) in [5.41, 5.74) is 1.62. The van der Waals surface area contributed by atoms with Crippen LogP contribution in [0.3, 0.4) is 0 Å². The van der Waals surface area contributed by atoms with Crippen LogP contribution in [0, 0.1) is 18.2 Å². The average Bonchev–Trinajstić information content (AvgIpc) is 2.97. The van der Waals surface area contributed by atoms with Gasteiger partial charge in [-0.05, 0) is 60.6 Å². The van der Waals surface area contributed by atoms with Gasteiger partial charge in [0.2, 0.25) is 5.69 Å². The number of nitrogens with zero attached hydrogens (tertiary/aromatic N) is 3. The van der Waals surface area contributed by atoms with Crippen molar-refractivity contribution in [3.05, 3.63) is 101 Å². The molecule has 0 radical (unpaired) electrons. The highest BCUT2D eigenvalue weighted by molar-refractivity contribution is 5.91. The summed E-state index contributed by atoms with van der Waals surface area (Å²) >= 11 is 0. The molecule has 9 heteroatoms. The fourth-order valence-electron chi connectivity index (χ4n) is 4.41. The number of ether oxygens (including phenoxy) is 2. The van der Waals surface area contributed by atoms with Crippen LogP contribution in [0.2, 0.25) is 0 Å². The Hall–Kier alpha value is -4.39. The van der Waals surface area contributed by atoms with Gasteiger partial charge in [0.15, 0.2) is 0 Å². The van der Waals surface area contributed by atoms with Crippen molar-refractivity contribution in [2.24, 2.45) is 0 Å². The van der Waals surface area contributed by atoms with Crippen LogP contribution in [0.4, 0.5) is 14.5 Å². The van der Waals surface area contributed by atoms with Crippen LogP contribution in [0.1, 0.15) is 25.0 Å². The Bertz CT molecular complexity index is 1550. The fourth-order valence-corrected chi connectivity index (χ4v) is 4.41. The van der Waals surface area contributed by atoms with Gasteiger partial charge in [0, 0.05) is 37.0 Å². The van der Waals surface area contributed by atoms with Crippen LogP contribution < -0.4 is 9.47 Å². The molecule has 41 heavy (non-hydrogen) atoms. The molecule has 3 aromatic carbocycles. The Labute approximate surface area is 237 Å². The van der Waals surface area contributed by atoms with Crippen LogP contribution in [0.5, 0.6) is 17.2 Å². The first-order valence-electron chi connectivity index (χ1n) is 13.4. The van der Waals surface area contributed by atoms with Gasteiger partial charge in [0.05, 0.1) is 12.1 Å². The minimum absolute atomic E-state index is 0.0265. The quantitative estimate of drug-likeness (QED) is 0.194. The SMILES string of the molecule is [C-]#[N+]c1cc2c(Oc3ccc(CC(=O)Cc4ccc(F)cc4)c(F)c3)ccnc2cc1OCC(O)CN(CC)CC.